The van der Waals surface area contributed by atoms with Crippen molar-refractivity contribution < 1.29 is 30.0 Å². The first kappa shape index (κ1) is 10.9. The fraction of sp³-hybridized carbons (Fsp3) is 0.667. The highest BCUT2D eigenvalue weighted by Gasteiger charge is 2.23. The van der Waals surface area contributed by atoms with Crippen LogP contribution < -0.4 is 0 Å². The molecule has 0 saturated carbocycles. The zero-order chi connectivity index (χ0) is 9.72. The molecule has 70 valence electrons. The van der Waals surface area contributed by atoms with E-state index in [2.05, 4.69) is 0 Å². The van der Waals surface area contributed by atoms with Crippen LogP contribution in [0, 0.1) is 0 Å². The van der Waals surface area contributed by atoms with Crippen LogP contribution in [0.1, 0.15) is 12.8 Å². The van der Waals surface area contributed by atoms with Gasteiger partial charge in [0.2, 0.25) is 0 Å². The Morgan fingerprint density at radius 1 is 1.17 bits per heavy atom. The van der Waals surface area contributed by atoms with E-state index in [9.17, 15) is 9.59 Å². The van der Waals surface area contributed by atoms with Crippen LogP contribution in [0.2, 0.25) is 0 Å². The summed E-state index contributed by atoms with van der Waals surface area (Å²) in [5, 5.41) is 33.8. The standard InChI is InChI=1S/C6H10O6/c7-3(1-2-4(8)9)5(10)6(11)12/h3,5,7,10H,1-2H2,(H,8,9)(H,11,12)/t3-,5-/m0/s1. The molecule has 0 aliphatic heterocycles. The van der Waals surface area contributed by atoms with Crippen molar-refractivity contribution in [3.05, 3.63) is 0 Å². The average Bonchev–Trinajstić information content (AvgIpc) is 1.98. The van der Waals surface area contributed by atoms with E-state index in [0.29, 0.717) is 0 Å². The maximum absolute atomic E-state index is 10.0. The topological polar surface area (TPSA) is 115 Å². The molecule has 0 aliphatic rings. The third kappa shape index (κ3) is 3.89. The Morgan fingerprint density at radius 3 is 2.00 bits per heavy atom. The Morgan fingerprint density at radius 2 is 1.67 bits per heavy atom. The second-order valence-electron chi connectivity index (χ2n) is 2.28. The quantitative estimate of drug-likeness (QED) is 0.414. The first-order valence-electron chi connectivity index (χ1n) is 3.26. The summed E-state index contributed by atoms with van der Waals surface area (Å²) in [6, 6.07) is 0. The third-order valence-corrected chi connectivity index (χ3v) is 1.27. The molecule has 0 bridgehead atoms. The van der Waals surface area contributed by atoms with Crippen LogP contribution in [0.15, 0.2) is 0 Å². The van der Waals surface area contributed by atoms with Gasteiger partial charge >= 0.3 is 11.9 Å². The lowest BCUT2D eigenvalue weighted by Crippen LogP contribution is -2.33. The molecule has 0 fully saturated rings. The molecule has 0 heterocycles. The Hall–Kier alpha value is -1.14. The molecule has 0 unspecified atom stereocenters. The van der Waals surface area contributed by atoms with Gasteiger partial charge in [-0.15, -0.1) is 0 Å². The van der Waals surface area contributed by atoms with E-state index in [-0.39, 0.29) is 12.8 Å². The monoisotopic (exact) mass is 178 g/mol. The summed E-state index contributed by atoms with van der Waals surface area (Å²) < 4.78 is 0. The van der Waals surface area contributed by atoms with Crippen molar-refractivity contribution in [3.63, 3.8) is 0 Å². The number of aliphatic hydroxyl groups is 2. The summed E-state index contributed by atoms with van der Waals surface area (Å²) in [7, 11) is 0. The molecule has 0 aromatic carbocycles. The maximum Gasteiger partial charge on any atom is 0.335 e. The van der Waals surface area contributed by atoms with Crippen LogP contribution in [-0.4, -0.2) is 44.6 Å². The Bertz CT molecular complexity index is 177. The van der Waals surface area contributed by atoms with Crippen molar-refractivity contribution in [1.82, 2.24) is 0 Å². The number of rotatable bonds is 5. The summed E-state index contributed by atoms with van der Waals surface area (Å²) in [6.07, 6.45) is -4.09. The van der Waals surface area contributed by atoms with Gasteiger partial charge in [-0.3, -0.25) is 4.79 Å². The normalized spacial score (nSPS) is 15.2. The van der Waals surface area contributed by atoms with Gasteiger partial charge < -0.3 is 20.4 Å². The third-order valence-electron chi connectivity index (χ3n) is 1.27. The molecule has 4 N–H and O–H groups in total. The molecule has 6 heteroatoms. The molecule has 0 aromatic rings. The van der Waals surface area contributed by atoms with Crippen LogP contribution in [0.4, 0.5) is 0 Å². The summed E-state index contributed by atoms with van der Waals surface area (Å²) in [4.78, 5) is 20.0. The lowest BCUT2D eigenvalue weighted by molar-refractivity contribution is -0.154. The second-order valence-corrected chi connectivity index (χ2v) is 2.28. The smallest absolute Gasteiger partial charge is 0.335 e. The van der Waals surface area contributed by atoms with Gasteiger partial charge in [-0.05, 0) is 6.42 Å². The summed E-state index contributed by atoms with van der Waals surface area (Å²) in [6.45, 7) is 0. The van der Waals surface area contributed by atoms with Crippen molar-refractivity contribution in [2.75, 3.05) is 0 Å². The zero-order valence-electron chi connectivity index (χ0n) is 6.17. The number of hydrogen-bond donors (Lipinski definition) is 4. The molecule has 0 aromatic heterocycles. The average molecular weight is 178 g/mol. The molecule has 12 heavy (non-hydrogen) atoms. The van der Waals surface area contributed by atoms with Crippen molar-refractivity contribution >= 4 is 11.9 Å². The summed E-state index contributed by atoms with van der Waals surface area (Å²) in [5.74, 6) is -2.71. The minimum Gasteiger partial charge on any atom is -0.481 e. The Kier molecular flexibility index (Phi) is 4.24. The molecule has 6 nitrogen and oxygen atoms in total. The predicted molar refractivity (Wildman–Crippen MR) is 36.5 cm³/mol. The molecular formula is C6H10O6. The minimum absolute atomic E-state index is 0.275. The highest BCUT2D eigenvalue weighted by Crippen LogP contribution is 2.02. The van der Waals surface area contributed by atoms with E-state index < -0.39 is 24.1 Å². The van der Waals surface area contributed by atoms with Crippen LogP contribution in [0.3, 0.4) is 0 Å². The number of carbonyl (C=O) groups is 2. The van der Waals surface area contributed by atoms with Gasteiger partial charge in [-0.25, -0.2) is 4.79 Å². The van der Waals surface area contributed by atoms with Crippen LogP contribution >= 0.6 is 0 Å². The minimum atomic E-state index is -1.91. The van der Waals surface area contributed by atoms with Crippen LogP contribution in [-0.2, 0) is 9.59 Å². The molecule has 0 rings (SSSR count). The van der Waals surface area contributed by atoms with E-state index >= 15 is 0 Å². The first-order chi connectivity index (χ1) is 5.45. The van der Waals surface area contributed by atoms with E-state index in [1.165, 1.54) is 0 Å². The first-order valence-corrected chi connectivity index (χ1v) is 3.26. The van der Waals surface area contributed by atoms with Crippen LogP contribution in [0.5, 0.6) is 0 Å². The molecule has 0 radical (unpaired) electrons. The van der Waals surface area contributed by atoms with Gasteiger partial charge in [0.05, 0.1) is 6.10 Å². The SMILES string of the molecule is O=C(O)CC[C@H](O)[C@H](O)C(=O)O. The van der Waals surface area contributed by atoms with Gasteiger partial charge in [0, 0.05) is 6.42 Å². The number of carboxylic acid groups (broad SMARTS) is 2. The lowest BCUT2D eigenvalue weighted by Gasteiger charge is -2.11. The van der Waals surface area contributed by atoms with Gasteiger partial charge in [0.15, 0.2) is 6.10 Å². The largest absolute Gasteiger partial charge is 0.481 e. The van der Waals surface area contributed by atoms with Gasteiger partial charge in [0.25, 0.3) is 0 Å². The highest BCUT2D eigenvalue weighted by molar-refractivity contribution is 5.73. The molecule has 0 spiro atoms. The van der Waals surface area contributed by atoms with E-state index in [1.54, 1.807) is 0 Å². The van der Waals surface area contributed by atoms with Gasteiger partial charge in [-0.2, -0.15) is 0 Å². The Labute approximate surface area is 68.1 Å². The van der Waals surface area contributed by atoms with E-state index in [1.807, 2.05) is 0 Å². The number of hydrogen-bond acceptors (Lipinski definition) is 4. The van der Waals surface area contributed by atoms with Crippen molar-refractivity contribution in [1.29, 1.82) is 0 Å². The number of aliphatic hydroxyl groups excluding tert-OH is 2. The molecular weight excluding hydrogens is 168 g/mol. The lowest BCUT2D eigenvalue weighted by atomic mass is 10.1. The molecule has 2 atom stereocenters. The molecule has 0 saturated heterocycles. The molecule has 0 aliphatic carbocycles. The summed E-state index contributed by atoms with van der Waals surface area (Å²) >= 11 is 0. The fourth-order valence-corrected chi connectivity index (χ4v) is 0.594. The van der Waals surface area contributed by atoms with Crippen LogP contribution in [0.25, 0.3) is 0 Å². The fourth-order valence-electron chi connectivity index (χ4n) is 0.594. The highest BCUT2D eigenvalue weighted by atomic mass is 16.4. The van der Waals surface area contributed by atoms with E-state index in [0.717, 1.165) is 0 Å². The van der Waals surface area contributed by atoms with Gasteiger partial charge in [-0.1, -0.05) is 0 Å². The van der Waals surface area contributed by atoms with Crippen molar-refractivity contribution in [2.24, 2.45) is 0 Å². The summed E-state index contributed by atoms with van der Waals surface area (Å²) in [5.41, 5.74) is 0. The van der Waals surface area contributed by atoms with Gasteiger partial charge in [0.1, 0.15) is 0 Å². The maximum atomic E-state index is 10.0. The zero-order valence-corrected chi connectivity index (χ0v) is 6.17. The van der Waals surface area contributed by atoms with Crippen molar-refractivity contribution in [3.8, 4) is 0 Å². The van der Waals surface area contributed by atoms with E-state index in [4.69, 9.17) is 20.4 Å². The Balaban J connectivity index is 3.79. The van der Waals surface area contributed by atoms with Crippen molar-refractivity contribution in [2.45, 2.75) is 25.0 Å². The second kappa shape index (κ2) is 4.68. The number of aliphatic carboxylic acids is 2. The number of carboxylic acids is 2. The molecule has 0 amide bonds. The predicted octanol–water partition coefficient (Wildman–Crippen LogP) is -1.34.